The molecule has 1 amide bonds. The molecular weight excluding hydrogens is 308 g/mol. The van der Waals surface area contributed by atoms with Crippen LogP contribution in [-0.2, 0) is 4.79 Å². The van der Waals surface area contributed by atoms with Crippen molar-refractivity contribution in [1.82, 2.24) is 9.88 Å². The van der Waals surface area contributed by atoms with Crippen molar-refractivity contribution in [3.05, 3.63) is 41.8 Å². The van der Waals surface area contributed by atoms with Crippen LogP contribution in [0.5, 0.6) is 0 Å². The van der Waals surface area contributed by atoms with Crippen molar-refractivity contribution in [1.29, 1.82) is 0 Å². The second kappa shape index (κ2) is 6.47. The maximum Gasteiger partial charge on any atom is 0.308 e. The summed E-state index contributed by atoms with van der Waals surface area (Å²) in [5, 5.41) is 9.23. The first kappa shape index (κ1) is 16.2. The first-order valence-electron chi connectivity index (χ1n) is 8.02. The number of nitrogens with zero attached hydrogens (tertiary/aromatic N) is 2. The smallest absolute Gasteiger partial charge is 0.308 e. The summed E-state index contributed by atoms with van der Waals surface area (Å²) < 4.78 is 5.33. The quantitative estimate of drug-likeness (QED) is 0.936. The Kier molecular flexibility index (Phi) is 4.38. The number of aryl methyl sites for hydroxylation is 1. The van der Waals surface area contributed by atoms with Gasteiger partial charge in [-0.05, 0) is 51.0 Å². The molecule has 1 aliphatic rings. The highest BCUT2D eigenvalue weighted by Crippen LogP contribution is 2.26. The lowest BCUT2D eigenvalue weighted by Gasteiger charge is -2.36. The van der Waals surface area contributed by atoms with Crippen molar-refractivity contribution < 1.29 is 19.1 Å². The number of hydrogen-bond acceptors (Lipinski definition) is 4. The van der Waals surface area contributed by atoms with E-state index < -0.39 is 11.9 Å². The number of pyridine rings is 1. The average Bonchev–Trinajstić information content (AvgIpc) is 3.09. The minimum absolute atomic E-state index is 0.0252. The van der Waals surface area contributed by atoms with E-state index in [9.17, 15) is 14.7 Å². The number of hydrogen-bond donors (Lipinski definition) is 1. The van der Waals surface area contributed by atoms with Gasteiger partial charge in [-0.15, -0.1) is 0 Å². The zero-order valence-electron chi connectivity index (χ0n) is 13.7. The molecule has 0 saturated carbocycles. The molecule has 1 N–H and O–H groups in total. The van der Waals surface area contributed by atoms with E-state index in [4.69, 9.17) is 4.42 Å². The van der Waals surface area contributed by atoms with Crippen LogP contribution in [-0.4, -0.2) is 39.5 Å². The molecule has 0 radical (unpaired) electrons. The van der Waals surface area contributed by atoms with Gasteiger partial charge in [0, 0.05) is 12.6 Å². The highest BCUT2D eigenvalue weighted by atomic mass is 16.4. The normalized spacial score (nSPS) is 20.8. The number of rotatable bonds is 3. The van der Waals surface area contributed by atoms with E-state index in [-0.39, 0.29) is 18.5 Å². The Morgan fingerprint density at radius 2 is 2.08 bits per heavy atom. The SMILES string of the molecule is Cc1nc(-c2ccco2)ccc1C(=O)N1CC(C(=O)O)CCC1C. The molecule has 126 valence electrons. The van der Waals surface area contributed by atoms with E-state index in [1.807, 2.05) is 13.0 Å². The minimum Gasteiger partial charge on any atom is -0.481 e. The largest absolute Gasteiger partial charge is 0.481 e. The van der Waals surface area contributed by atoms with Gasteiger partial charge in [-0.3, -0.25) is 9.59 Å². The summed E-state index contributed by atoms with van der Waals surface area (Å²) in [7, 11) is 0. The zero-order chi connectivity index (χ0) is 17.3. The van der Waals surface area contributed by atoms with Crippen LogP contribution in [0, 0.1) is 12.8 Å². The predicted octanol–water partition coefficient (Wildman–Crippen LogP) is 2.98. The molecule has 2 atom stereocenters. The van der Waals surface area contributed by atoms with E-state index in [0.29, 0.717) is 35.6 Å². The molecule has 6 nitrogen and oxygen atoms in total. The van der Waals surface area contributed by atoms with Gasteiger partial charge in [0.05, 0.1) is 23.4 Å². The molecule has 0 spiro atoms. The van der Waals surface area contributed by atoms with Gasteiger partial charge in [0.25, 0.3) is 5.91 Å². The maximum absolute atomic E-state index is 12.9. The van der Waals surface area contributed by atoms with Crippen LogP contribution in [0.3, 0.4) is 0 Å². The van der Waals surface area contributed by atoms with Gasteiger partial charge < -0.3 is 14.4 Å². The molecule has 6 heteroatoms. The molecule has 0 aromatic carbocycles. The Morgan fingerprint density at radius 3 is 2.71 bits per heavy atom. The van der Waals surface area contributed by atoms with E-state index in [1.165, 1.54) is 0 Å². The topological polar surface area (TPSA) is 83.6 Å². The molecule has 24 heavy (non-hydrogen) atoms. The number of carbonyl (C=O) groups is 2. The fraction of sp³-hybridized carbons (Fsp3) is 0.389. The monoisotopic (exact) mass is 328 g/mol. The number of carboxylic acid groups (broad SMARTS) is 1. The third-order valence-electron chi connectivity index (χ3n) is 4.58. The summed E-state index contributed by atoms with van der Waals surface area (Å²) in [6.07, 6.45) is 2.88. The van der Waals surface area contributed by atoms with Crippen molar-refractivity contribution in [3.8, 4) is 11.5 Å². The third-order valence-corrected chi connectivity index (χ3v) is 4.58. The van der Waals surface area contributed by atoms with Gasteiger partial charge in [-0.25, -0.2) is 4.98 Å². The number of furan rings is 1. The zero-order valence-corrected chi connectivity index (χ0v) is 13.7. The second-order valence-corrected chi connectivity index (χ2v) is 6.23. The number of likely N-dealkylation sites (tertiary alicyclic amines) is 1. The Balaban J connectivity index is 1.85. The van der Waals surface area contributed by atoms with Crippen LogP contribution in [0.4, 0.5) is 0 Å². The van der Waals surface area contributed by atoms with Gasteiger partial charge in [-0.1, -0.05) is 0 Å². The van der Waals surface area contributed by atoms with Crippen LogP contribution in [0.2, 0.25) is 0 Å². The fourth-order valence-corrected chi connectivity index (χ4v) is 3.09. The van der Waals surface area contributed by atoms with E-state index in [1.54, 1.807) is 36.3 Å². The molecule has 1 aliphatic heterocycles. The van der Waals surface area contributed by atoms with Crippen molar-refractivity contribution >= 4 is 11.9 Å². The van der Waals surface area contributed by atoms with Crippen LogP contribution in [0.15, 0.2) is 34.9 Å². The van der Waals surface area contributed by atoms with Crippen LogP contribution < -0.4 is 0 Å². The lowest BCUT2D eigenvalue weighted by Crippen LogP contribution is -2.47. The molecule has 1 fully saturated rings. The number of carbonyl (C=O) groups excluding carboxylic acids is 1. The van der Waals surface area contributed by atoms with Crippen LogP contribution in [0.25, 0.3) is 11.5 Å². The van der Waals surface area contributed by atoms with E-state index in [2.05, 4.69) is 4.98 Å². The number of aliphatic carboxylic acids is 1. The van der Waals surface area contributed by atoms with Crippen molar-refractivity contribution in [3.63, 3.8) is 0 Å². The molecule has 2 aromatic rings. The number of aromatic nitrogens is 1. The van der Waals surface area contributed by atoms with Gasteiger partial charge in [0.1, 0.15) is 5.69 Å². The first-order chi connectivity index (χ1) is 11.5. The first-order valence-corrected chi connectivity index (χ1v) is 8.02. The van der Waals surface area contributed by atoms with Crippen molar-refractivity contribution in [2.45, 2.75) is 32.7 Å². The van der Waals surface area contributed by atoms with Gasteiger partial charge >= 0.3 is 5.97 Å². The van der Waals surface area contributed by atoms with Crippen molar-refractivity contribution in [2.75, 3.05) is 6.54 Å². The molecule has 2 aromatic heterocycles. The van der Waals surface area contributed by atoms with Crippen LogP contribution in [0.1, 0.15) is 35.8 Å². The lowest BCUT2D eigenvalue weighted by atomic mass is 9.92. The summed E-state index contributed by atoms with van der Waals surface area (Å²) in [6.45, 7) is 3.98. The second-order valence-electron chi connectivity index (χ2n) is 6.23. The number of amides is 1. The Morgan fingerprint density at radius 1 is 1.29 bits per heavy atom. The number of piperidine rings is 1. The molecule has 0 bridgehead atoms. The van der Waals surface area contributed by atoms with Crippen LogP contribution >= 0.6 is 0 Å². The van der Waals surface area contributed by atoms with E-state index in [0.717, 1.165) is 0 Å². The average molecular weight is 328 g/mol. The Bertz CT molecular complexity index is 754. The lowest BCUT2D eigenvalue weighted by molar-refractivity contribution is -0.143. The fourth-order valence-electron chi connectivity index (χ4n) is 3.09. The summed E-state index contributed by atoms with van der Waals surface area (Å²) in [5.41, 5.74) is 1.78. The molecule has 2 unspecified atom stereocenters. The van der Waals surface area contributed by atoms with Gasteiger partial charge in [0.2, 0.25) is 0 Å². The maximum atomic E-state index is 12.9. The molecular formula is C18H20N2O4. The third kappa shape index (κ3) is 3.04. The Labute approximate surface area is 140 Å². The summed E-state index contributed by atoms with van der Waals surface area (Å²) in [6, 6.07) is 7.11. The van der Waals surface area contributed by atoms with Gasteiger partial charge in [0.15, 0.2) is 5.76 Å². The highest BCUT2D eigenvalue weighted by Gasteiger charge is 2.33. The molecule has 1 saturated heterocycles. The van der Waals surface area contributed by atoms with Crippen molar-refractivity contribution in [2.24, 2.45) is 5.92 Å². The Hall–Kier alpha value is -2.63. The minimum atomic E-state index is -0.845. The van der Waals surface area contributed by atoms with Gasteiger partial charge in [-0.2, -0.15) is 0 Å². The number of carboxylic acids is 1. The summed E-state index contributed by atoms with van der Waals surface area (Å²) >= 11 is 0. The summed E-state index contributed by atoms with van der Waals surface area (Å²) in [5.74, 6) is -0.859. The standard InChI is InChI=1S/C18H20N2O4/c1-11-5-6-13(18(22)23)10-20(11)17(21)14-7-8-15(19-12(14)2)16-4-3-9-24-16/h3-4,7-9,11,13H,5-6,10H2,1-2H3,(H,22,23). The molecule has 0 aliphatic carbocycles. The highest BCUT2D eigenvalue weighted by molar-refractivity contribution is 5.96. The summed E-state index contributed by atoms with van der Waals surface area (Å²) in [4.78, 5) is 30.2. The van der Waals surface area contributed by atoms with E-state index >= 15 is 0 Å². The predicted molar refractivity (Wildman–Crippen MR) is 87.5 cm³/mol. The molecule has 3 rings (SSSR count). The molecule has 3 heterocycles.